The van der Waals surface area contributed by atoms with Crippen molar-refractivity contribution in [1.29, 1.82) is 0 Å². The van der Waals surface area contributed by atoms with Crippen LogP contribution in [-0.2, 0) is 4.79 Å². The molecule has 1 aliphatic carbocycles. The van der Waals surface area contributed by atoms with Gasteiger partial charge in [0.15, 0.2) is 0 Å². The molecule has 1 aliphatic rings. The van der Waals surface area contributed by atoms with Crippen LogP contribution in [0.4, 0.5) is 0 Å². The molecule has 1 fully saturated rings. The number of carboxylic acid groups (broad SMARTS) is 1. The van der Waals surface area contributed by atoms with E-state index < -0.39 is 5.97 Å². The second kappa shape index (κ2) is 10.6. The zero-order chi connectivity index (χ0) is 13.9. The maximum atomic E-state index is 10.6. The predicted molar refractivity (Wildman–Crippen MR) is 74.4 cm³/mol. The maximum Gasteiger partial charge on any atom is 0.306 e. The second-order valence-corrected chi connectivity index (χ2v) is 4.63. The number of hydrogen-bond acceptors (Lipinski definition) is 2. The van der Waals surface area contributed by atoms with Gasteiger partial charge in [0.25, 0.3) is 0 Å². The highest BCUT2D eigenvalue weighted by Crippen LogP contribution is 2.31. The molecule has 1 rings (SSSR count). The molecule has 0 aromatic carbocycles. The molecule has 0 aliphatic heterocycles. The lowest BCUT2D eigenvalue weighted by molar-refractivity contribution is -0.143. The molecular weight excluding hydrogens is 214 g/mol. The number of nitrogens with one attached hydrogen (secondary N) is 1. The third kappa shape index (κ3) is 8.19. The fraction of sp³-hybridized carbons (Fsp3) is 0.929. The lowest BCUT2D eigenvalue weighted by Gasteiger charge is -2.35. The molecule has 17 heavy (non-hydrogen) atoms. The molecule has 3 nitrogen and oxygen atoms in total. The smallest absolute Gasteiger partial charge is 0.306 e. The van der Waals surface area contributed by atoms with Crippen LogP contribution in [0.3, 0.4) is 0 Å². The molecule has 0 bridgehead atoms. The number of hydrogen-bond donors (Lipinski definition) is 2. The van der Waals surface area contributed by atoms with E-state index in [9.17, 15) is 4.79 Å². The van der Waals surface area contributed by atoms with Gasteiger partial charge in [0, 0.05) is 5.54 Å². The summed E-state index contributed by atoms with van der Waals surface area (Å²) in [6.45, 7) is 10.4. The number of aliphatic carboxylic acids is 1. The predicted octanol–water partition coefficient (Wildman–Crippen LogP) is 3.68. The van der Waals surface area contributed by atoms with Crippen LogP contribution in [-0.4, -0.2) is 23.7 Å². The fourth-order valence-corrected chi connectivity index (χ4v) is 1.75. The Morgan fingerprint density at radius 1 is 1.29 bits per heavy atom. The normalized spacial score (nSPS) is 27.1. The molecule has 0 atom stereocenters. The first-order chi connectivity index (χ1) is 7.99. The summed E-state index contributed by atoms with van der Waals surface area (Å²) in [4.78, 5) is 10.6. The summed E-state index contributed by atoms with van der Waals surface area (Å²) in [6.07, 6.45) is 4.82. The minimum absolute atomic E-state index is 0.105. The average molecular weight is 245 g/mol. The molecule has 104 valence electrons. The van der Waals surface area contributed by atoms with Gasteiger partial charge in [-0.05, 0) is 39.7 Å². The lowest BCUT2D eigenvalue weighted by atomic mass is 9.78. The molecule has 0 amide bonds. The van der Waals surface area contributed by atoms with Gasteiger partial charge in [-0.1, -0.05) is 34.1 Å². The third-order valence-electron chi connectivity index (χ3n) is 3.04. The zero-order valence-corrected chi connectivity index (χ0v) is 12.5. The van der Waals surface area contributed by atoms with Gasteiger partial charge >= 0.3 is 5.97 Å². The van der Waals surface area contributed by atoms with Crippen molar-refractivity contribution in [1.82, 2.24) is 5.32 Å². The SMILES string of the molecule is CC.CCC.CNC1(C)CCC(C(=O)O)CC1. The molecule has 2 N–H and O–H groups in total. The summed E-state index contributed by atoms with van der Waals surface area (Å²) in [5, 5.41) is 12.0. The van der Waals surface area contributed by atoms with Crippen LogP contribution in [0.15, 0.2) is 0 Å². The van der Waals surface area contributed by atoms with Crippen LogP contribution < -0.4 is 5.32 Å². The fourth-order valence-electron chi connectivity index (χ4n) is 1.75. The van der Waals surface area contributed by atoms with Gasteiger partial charge in [0.2, 0.25) is 0 Å². The summed E-state index contributed by atoms with van der Waals surface area (Å²) in [7, 11) is 1.95. The summed E-state index contributed by atoms with van der Waals surface area (Å²) in [6, 6.07) is 0. The van der Waals surface area contributed by atoms with Crippen LogP contribution in [0.5, 0.6) is 0 Å². The van der Waals surface area contributed by atoms with Crippen LogP contribution in [0.1, 0.15) is 66.7 Å². The molecule has 1 saturated carbocycles. The highest BCUT2D eigenvalue weighted by Gasteiger charge is 2.32. The molecule has 0 saturated heterocycles. The van der Waals surface area contributed by atoms with E-state index >= 15 is 0 Å². The summed E-state index contributed by atoms with van der Waals surface area (Å²) < 4.78 is 0. The maximum absolute atomic E-state index is 10.6. The summed E-state index contributed by atoms with van der Waals surface area (Å²) in [5.41, 5.74) is 0.173. The molecule has 0 unspecified atom stereocenters. The van der Waals surface area contributed by atoms with Crippen molar-refractivity contribution in [3.63, 3.8) is 0 Å². The zero-order valence-electron chi connectivity index (χ0n) is 12.5. The number of carboxylic acids is 1. The molecule has 0 aromatic rings. The van der Waals surface area contributed by atoms with Gasteiger partial charge in [-0.2, -0.15) is 0 Å². The van der Waals surface area contributed by atoms with Crippen LogP contribution >= 0.6 is 0 Å². The van der Waals surface area contributed by atoms with Crippen molar-refractivity contribution in [2.45, 2.75) is 72.3 Å². The quantitative estimate of drug-likeness (QED) is 0.780. The van der Waals surface area contributed by atoms with Crippen LogP contribution in [0.25, 0.3) is 0 Å². The minimum atomic E-state index is -0.631. The Labute approximate surface area is 107 Å². The van der Waals surface area contributed by atoms with E-state index in [1.54, 1.807) is 0 Å². The molecule has 0 radical (unpaired) electrons. The highest BCUT2D eigenvalue weighted by molar-refractivity contribution is 5.70. The van der Waals surface area contributed by atoms with E-state index in [2.05, 4.69) is 26.1 Å². The van der Waals surface area contributed by atoms with Crippen LogP contribution in [0.2, 0.25) is 0 Å². The van der Waals surface area contributed by atoms with Crippen molar-refractivity contribution in [3.8, 4) is 0 Å². The number of rotatable bonds is 2. The van der Waals surface area contributed by atoms with Crippen molar-refractivity contribution < 1.29 is 9.90 Å². The molecular formula is C14H31NO2. The van der Waals surface area contributed by atoms with E-state index in [4.69, 9.17) is 5.11 Å². The second-order valence-electron chi connectivity index (χ2n) is 4.63. The molecule has 0 spiro atoms. The van der Waals surface area contributed by atoms with Crippen molar-refractivity contribution in [3.05, 3.63) is 0 Å². The van der Waals surface area contributed by atoms with E-state index in [1.807, 2.05) is 20.9 Å². The topological polar surface area (TPSA) is 49.3 Å². The summed E-state index contributed by atoms with van der Waals surface area (Å²) >= 11 is 0. The average Bonchev–Trinajstić information content (AvgIpc) is 2.33. The molecule has 0 heterocycles. The Balaban J connectivity index is 0. The Morgan fingerprint density at radius 3 is 1.88 bits per heavy atom. The van der Waals surface area contributed by atoms with Gasteiger partial charge in [0.05, 0.1) is 5.92 Å². The molecule has 0 aromatic heterocycles. The first kappa shape index (κ1) is 18.8. The van der Waals surface area contributed by atoms with Gasteiger partial charge in [-0.15, -0.1) is 0 Å². The van der Waals surface area contributed by atoms with E-state index in [0.717, 1.165) is 25.7 Å². The third-order valence-corrected chi connectivity index (χ3v) is 3.04. The van der Waals surface area contributed by atoms with Crippen molar-refractivity contribution in [2.75, 3.05) is 7.05 Å². The minimum Gasteiger partial charge on any atom is -0.481 e. The Hall–Kier alpha value is -0.570. The van der Waals surface area contributed by atoms with Crippen molar-refractivity contribution >= 4 is 5.97 Å². The van der Waals surface area contributed by atoms with Crippen molar-refractivity contribution in [2.24, 2.45) is 5.92 Å². The van der Waals surface area contributed by atoms with Gasteiger partial charge in [-0.25, -0.2) is 0 Å². The first-order valence-corrected chi connectivity index (χ1v) is 6.90. The van der Waals surface area contributed by atoms with Gasteiger partial charge < -0.3 is 10.4 Å². The Bertz CT molecular complexity index is 185. The standard InChI is InChI=1S/C9H17NO2.C3H8.C2H6/c1-9(10-2)5-3-7(4-6-9)8(11)12;1-3-2;1-2/h7,10H,3-6H2,1-2H3,(H,11,12);3H2,1-2H3;1-2H3. The Morgan fingerprint density at radius 2 is 1.65 bits per heavy atom. The van der Waals surface area contributed by atoms with E-state index in [0.29, 0.717) is 0 Å². The van der Waals surface area contributed by atoms with E-state index in [-0.39, 0.29) is 11.5 Å². The van der Waals surface area contributed by atoms with Crippen LogP contribution in [0, 0.1) is 5.92 Å². The lowest BCUT2D eigenvalue weighted by Crippen LogP contribution is -2.43. The first-order valence-electron chi connectivity index (χ1n) is 6.90. The Kier molecular flexibility index (Phi) is 11.7. The molecule has 3 heteroatoms. The highest BCUT2D eigenvalue weighted by atomic mass is 16.4. The van der Waals surface area contributed by atoms with E-state index in [1.165, 1.54) is 6.42 Å². The largest absolute Gasteiger partial charge is 0.481 e. The monoisotopic (exact) mass is 245 g/mol. The van der Waals surface area contributed by atoms with Gasteiger partial charge in [-0.3, -0.25) is 4.79 Å². The summed E-state index contributed by atoms with van der Waals surface area (Å²) in [5.74, 6) is -0.737. The van der Waals surface area contributed by atoms with Gasteiger partial charge in [0.1, 0.15) is 0 Å². The number of carbonyl (C=O) groups is 1.